The molecular formula is C13H15FN2O. The van der Waals surface area contributed by atoms with Gasteiger partial charge in [0.25, 0.3) is 5.91 Å². The van der Waals surface area contributed by atoms with E-state index >= 15 is 0 Å². The molecule has 0 spiro atoms. The molecule has 0 saturated carbocycles. The number of halogens is 1. The Morgan fingerprint density at radius 2 is 2.35 bits per heavy atom. The Kier molecular flexibility index (Phi) is 4.53. The summed E-state index contributed by atoms with van der Waals surface area (Å²) in [5.41, 5.74) is 5.63. The lowest BCUT2D eigenvalue weighted by Crippen LogP contribution is -2.34. The molecule has 1 atom stereocenters. The third kappa shape index (κ3) is 3.49. The van der Waals surface area contributed by atoms with Gasteiger partial charge in [-0.3, -0.25) is 4.79 Å². The van der Waals surface area contributed by atoms with Crippen LogP contribution in [0.15, 0.2) is 18.2 Å². The average molecular weight is 234 g/mol. The molecule has 0 fully saturated rings. The van der Waals surface area contributed by atoms with Crippen LogP contribution in [0.3, 0.4) is 0 Å². The highest BCUT2D eigenvalue weighted by molar-refractivity contribution is 5.95. The number of hydrogen-bond donors (Lipinski definition) is 2. The van der Waals surface area contributed by atoms with Crippen LogP contribution >= 0.6 is 0 Å². The minimum Gasteiger partial charge on any atom is -0.399 e. The molecule has 1 unspecified atom stereocenters. The van der Waals surface area contributed by atoms with E-state index in [2.05, 4.69) is 11.2 Å². The fourth-order valence-electron chi connectivity index (χ4n) is 1.44. The second-order valence-electron chi connectivity index (χ2n) is 3.72. The molecule has 3 N–H and O–H groups in total. The Hall–Kier alpha value is -2.02. The van der Waals surface area contributed by atoms with Crippen LogP contribution in [0.1, 0.15) is 30.1 Å². The fraction of sp³-hybridized carbons (Fsp3) is 0.308. The summed E-state index contributed by atoms with van der Waals surface area (Å²) in [7, 11) is 0. The Labute approximate surface area is 100 Å². The zero-order valence-electron chi connectivity index (χ0n) is 9.66. The van der Waals surface area contributed by atoms with Gasteiger partial charge in [-0.15, -0.1) is 6.42 Å². The van der Waals surface area contributed by atoms with Gasteiger partial charge in [-0.2, -0.15) is 0 Å². The van der Waals surface area contributed by atoms with Gasteiger partial charge in [0.05, 0.1) is 11.6 Å². The molecule has 17 heavy (non-hydrogen) atoms. The van der Waals surface area contributed by atoms with Crippen molar-refractivity contribution >= 4 is 11.6 Å². The summed E-state index contributed by atoms with van der Waals surface area (Å²) in [5, 5.41) is 2.59. The van der Waals surface area contributed by atoms with Crippen LogP contribution in [0.5, 0.6) is 0 Å². The van der Waals surface area contributed by atoms with Crippen LogP contribution in [-0.4, -0.2) is 11.9 Å². The largest absolute Gasteiger partial charge is 0.399 e. The summed E-state index contributed by atoms with van der Waals surface area (Å²) in [4.78, 5) is 11.7. The maximum absolute atomic E-state index is 13.4. The van der Waals surface area contributed by atoms with Crippen LogP contribution in [0.25, 0.3) is 0 Å². The van der Waals surface area contributed by atoms with E-state index in [0.29, 0.717) is 6.42 Å². The Morgan fingerprint density at radius 1 is 1.65 bits per heavy atom. The fourth-order valence-corrected chi connectivity index (χ4v) is 1.44. The third-order valence-electron chi connectivity index (χ3n) is 2.32. The van der Waals surface area contributed by atoms with E-state index in [-0.39, 0.29) is 17.3 Å². The number of rotatable bonds is 4. The second kappa shape index (κ2) is 5.90. The molecule has 4 heteroatoms. The van der Waals surface area contributed by atoms with E-state index in [1.807, 2.05) is 6.92 Å². The summed E-state index contributed by atoms with van der Waals surface area (Å²) in [6.45, 7) is 1.96. The van der Waals surface area contributed by atoms with E-state index in [4.69, 9.17) is 12.2 Å². The number of nitrogens with one attached hydrogen (secondary N) is 1. The molecule has 3 nitrogen and oxygen atoms in total. The van der Waals surface area contributed by atoms with Crippen molar-refractivity contribution in [3.8, 4) is 12.3 Å². The number of benzene rings is 1. The molecule has 0 aliphatic rings. The van der Waals surface area contributed by atoms with Gasteiger partial charge in [0.1, 0.15) is 5.82 Å². The van der Waals surface area contributed by atoms with Crippen molar-refractivity contribution in [2.45, 2.75) is 25.8 Å². The summed E-state index contributed by atoms with van der Waals surface area (Å²) >= 11 is 0. The highest BCUT2D eigenvalue weighted by atomic mass is 19.1. The molecule has 0 aromatic heterocycles. The summed E-state index contributed by atoms with van der Waals surface area (Å²) in [6.07, 6.45) is 6.78. The minimum atomic E-state index is -0.644. The van der Waals surface area contributed by atoms with E-state index in [0.717, 1.165) is 12.5 Å². The lowest BCUT2D eigenvalue weighted by Gasteiger charge is -2.12. The molecule has 90 valence electrons. The first kappa shape index (κ1) is 13.0. The van der Waals surface area contributed by atoms with Crippen LogP contribution < -0.4 is 11.1 Å². The number of terminal acetylenes is 1. The molecule has 1 amide bonds. The Bertz CT molecular complexity index is 451. The molecule has 1 aromatic carbocycles. The molecule has 0 radical (unpaired) electrons. The monoisotopic (exact) mass is 234 g/mol. The van der Waals surface area contributed by atoms with Crippen molar-refractivity contribution in [3.63, 3.8) is 0 Å². The highest BCUT2D eigenvalue weighted by Crippen LogP contribution is 2.12. The highest BCUT2D eigenvalue weighted by Gasteiger charge is 2.14. The van der Waals surface area contributed by atoms with Crippen molar-refractivity contribution < 1.29 is 9.18 Å². The van der Waals surface area contributed by atoms with Crippen LogP contribution in [0, 0.1) is 18.2 Å². The van der Waals surface area contributed by atoms with Crippen LogP contribution in [-0.2, 0) is 0 Å². The number of amides is 1. The molecule has 0 aliphatic carbocycles. The maximum atomic E-state index is 13.4. The van der Waals surface area contributed by atoms with E-state index in [1.165, 1.54) is 12.1 Å². The maximum Gasteiger partial charge on any atom is 0.255 e. The Balaban J connectivity index is 2.79. The second-order valence-corrected chi connectivity index (χ2v) is 3.72. The predicted octanol–water partition coefficient (Wildman–Crippen LogP) is 1.94. The van der Waals surface area contributed by atoms with Gasteiger partial charge < -0.3 is 11.1 Å². The molecule has 1 rings (SSSR count). The van der Waals surface area contributed by atoms with Crippen molar-refractivity contribution in [3.05, 3.63) is 29.6 Å². The molecule has 0 bridgehead atoms. The van der Waals surface area contributed by atoms with Gasteiger partial charge in [-0.25, -0.2) is 4.39 Å². The van der Waals surface area contributed by atoms with Crippen molar-refractivity contribution in [2.75, 3.05) is 5.73 Å². The zero-order chi connectivity index (χ0) is 12.8. The predicted molar refractivity (Wildman–Crippen MR) is 65.8 cm³/mol. The number of nitrogens with two attached hydrogens (primary N) is 1. The molecule has 0 aliphatic heterocycles. The normalized spacial score (nSPS) is 11.6. The minimum absolute atomic E-state index is 0.0458. The van der Waals surface area contributed by atoms with Gasteiger partial charge in [-0.05, 0) is 24.6 Å². The third-order valence-corrected chi connectivity index (χ3v) is 2.32. The quantitative estimate of drug-likeness (QED) is 0.618. The molecule has 0 heterocycles. The van der Waals surface area contributed by atoms with Crippen molar-refractivity contribution in [2.24, 2.45) is 0 Å². The Morgan fingerprint density at radius 3 is 2.88 bits per heavy atom. The van der Waals surface area contributed by atoms with Gasteiger partial charge in [0, 0.05) is 5.69 Å². The summed E-state index contributed by atoms with van der Waals surface area (Å²) < 4.78 is 13.4. The SMILES string of the molecule is C#CC(CCC)NC(=O)c1ccc(N)cc1F. The van der Waals surface area contributed by atoms with Gasteiger partial charge in [0.15, 0.2) is 0 Å². The molecule has 0 saturated heterocycles. The van der Waals surface area contributed by atoms with Crippen LogP contribution in [0.4, 0.5) is 10.1 Å². The number of nitrogen functional groups attached to an aromatic ring is 1. The first-order chi connectivity index (χ1) is 8.08. The summed E-state index contributed by atoms with van der Waals surface area (Å²) in [6, 6.07) is 3.56. The number of anilines is 1. The van der Waals surface area contributed by atoms with E-state index in [1.54, 1.807) is 0 Å². The first-order valence-corrected chi connectivity index (χ1v) is 5.40. The lowest BCUT2D eigenvalue weighted by atomic mass is 10.1. The number of carbonyl (C=O) groups excluding carboxylic acids is 1. The number of hydrogen-bond acceptors (Lipinski definition) is 2. The standard InChI is InChI=1S/C13H15FN2O/c1-3-5-10(4-2)16-13(17)11-7-6-9(15)8-12(11)14/h2,6-8,10H,3,5,15H2,1H3,(H,16,17). The van der Waals surface area contributed by atoms with E-state index in [9.17, 15) is 9.18 Å². The average Bonchev–Trinajstić information content (AvgIpc) is 2.28. The first-order valence-electron chi connectivity index (χ1n) is 5.40. The topological polar surface area (TPSA) is 55.1 Å². The molecule has 1 aromatic rings. The van der Waals surface area contributed by atoms with Gasteiger partial charge in [0.2, 0.25) is 0 Å². The number of carbonyl (C=O) groups is 1. The molecular weight excluding hydrogens is 219 g/mol. The van der Waals surface area contributed by atoms with Crippen molar-refractivity contribution in [1.82, 2.24) is 5.32 Å². The van der Waals surface area contributed by atoms with Gasteiger partial charge >= 0.3 is 0 Å². The zero-order valence-corrected chi connectivity index (χ0v) is 9.66. The van der Waals surface area contributed by atoms with Gasteiger partial charge in [-0.1, -0.05) is 19.3 Å². The van der Waals surface area contributed by atoms with Crippen LogP contribution in [0.2, 0.25) is 0 Å². The summed E-state index contributed by atoms with van der Waals surface area (Å²) in [5.74, 6) is 1.30. The smallest absolute Gasteiger partial charge is 0.255 e. The van der Waals surface area contributed by atoms with E-state index < -0.39 is 11.7 Å². The lowest BCUT2D eigenvalue weighted by molar-refractivity contribution is 0.0940. The van der Waals surface area contributed by atoms with Crippen molar-refractivity contribution in [1.29, 1.82) is 0 Å².